The Balaban J connectivity index is 1.60. The van der Waals surface area contributed by atoms with Gasteiger partial charge in [0.15, 0.2) is 0 Å². The van der Waals surface area contributed by atoms with Gasteiger partial charge in [0.05, 0.1) is 18.6 Å². The summed E-state index contributed by atoms with van der Waals surface area (Å²) < 4.78 is 44.4. The van der Waals surface area contributed by atoms with Crippen LogP contribution in [0, 0.1) is 0 Å². The number of nitrogens with one attached hydrogen (secondary N) is 1. The molecule has 4 rings (SSSR count). The number of aromatic nitrogens is 1. The lowest BCUT2D eigenvalue weighted by molar-refractivity contribution is -0.368. The smallest absolute Gasteiger partial charge is 0.416 e. The molecule has 0 amide bonds. The number of alkyl halides is 3. The molecule has 1 heterocycles. The van der Waals surface area contributed by atoms with Crippen molar-refractivity contribution in [2.24, 2.45) is 0 Å². The summed E-state index contributed by atoms with van der Waals surface area (Å²) >= 11 is 1.45. The Bertz CT molecular complexity index is 1190. The minimum atomic E-state index is -4.36. The quantitative estimate of drug-likeness (QED) is 0.376. The summed E-state index contributed by atoms with van der Waals surface area (Å²) in [5.41, 5.74) is 9.75. The molecule has 3 N–H and O–H groups in total. The molecule has 3 aromatic carbocycles. The summed E-state index contributed by atoms with van der Waals surface area (Å²) in [5, 5.41) is 2.65. The zero-order valence-corrected chi connectivity index (χ0v) is 18.1. The maximum atomic E-state index is 13.0. The van der Waals surface area contributed by atoms with Crippen LogP contribution in [0.5, 0.6) is 5.75 Å². The van der Waals surface area contributed by atoms with Crippen LogP contribution >= 0.6 is 11.3 Å². The molecule has 0 spiro atoms. The van der Waals surface area contributed by atoms with Gasteiger partial charge in [0.25, 0.3) is 0 Å². The van der Waals surface area contributed by atoms with E-state index in [0.29, 0.717) is 17.1 Å². The van der Waals surface area contributed by atoms with E-state index in [1.165, 1.54) is 23.5 Å². The summed E-state index contributed by atoms with van der Waals surface area (Å²) in [4.78, 5) is 3.24. The van der Waals surface area contributed by atoms with Crippen LogP contribution in [-0.4, -0.2) is 7.11 Å². The second-order valence-corrected chi connectivity index (χ2v) is 8.40. The zero-order valence-electron chi connectivity index (χ0n) is 17.3. The van der Waals surface area contributed by atoms with Crippen molar-refractivity contribution in [2.45, 2.75) is 18.5 Å². The second-order valence-electron chi connectivity index (χ2n) is 7.49. The van der Waals surface area contributed by atoms with Gasteiger partial charge in [0.2, 0.25) is 0 Å². The minimum Gasteiger partial charge on any atom is -0.497 e. The molecule has 164 valence electrons. The number of aromatic amines is 1. The third-order valence-corrected chi connectivity index (χ3v) is 6.12. The summed E-state index contributed by atoms with van der Waals surface area (Å²) in [5.74, 6) is 0.834. The van der Waals surface area contributed by atoms with Crippen molar-refractivity contribution in [1.29, 1.82) is 0 Å². The highest BCUT2D eigenvalue weighted by molar-refractivity contribution is 7.13. The maximum Gasteiger partial charge on any atom is 0.416 e. The topological polar surface area (TPSA) is 49.4 Å². The van der Waals surface area contributed by atoms with E-state index in [2.05, 4.69) is 4.98 Å². The summed E-state index contributed by atoms with van der Waals surface area (Å²) in [6.07, 6.45) is -3.65. The van der Waals surface area contributed by atoms with E-state index < -0.39 is 11.7 Å². The fraction of sp³-hybridized carbons (Fsp3) is 0.160. The Hall–Kier alpha value is -3.32. The van der Waals surface area contributed by atoms with Crippen LogP contribution < -0.4 is 15.5 Å². The average molecular weight is 456 g/mol. The van der Waals surface area contributed by atoms with Crippen LogP contribution in [-0.2, 0) is 12.6 Å². The Morgan fingerprint density at radius 2 is 1.69 bits per heavy atom. The van der Waals surface area contributed by atoms with E-state index in [-0.39, 0.29) is 5.92 Å². The average Bonchev–Trinajstić information content (AvgIpc) is 3.23. The molecule has 0 aliphatic heterocycles. The number of methoxy groups -OCH3 is 1. The van der Waals surface area contributed by atoms with Gasteiger partial charge in [-0.05, 0) is 52.9 Å². The number of nitrogen functional groups attached to an aromatic ring is 1. The van der Waals surface area contributed by atoms with Crippen molar-refractivity contribution in [2.75, 3.05) is 12.8 Å². The molecule has 0 saturated heterocycles. The highest BCUT2D eigenvalue weighted by Gasteiger charge is 2.30. The van der Waals surface area contributed by atoms with Gasteiger partial charge in [-0.25, -0.2) is 4.98 Å². The lowest BCUT2D eigenvalue weighted by Gasteiger charge is -2.15. The van der Waals surface area contributed by atoms with Gasteiger partial charge in [-0.3, -0.25) is 5.73 Å². The largest absolute Gasteiger partial charge is 0.497 e. The Morgan fingerprint density at radius 3 is 2.28 bits per heavy atom. The molecule has 0 radical (unpaired) electrons. The molecule has 1 aromatic heterocycles. The van der Waals surface area contributed by atoms with Crippen LogP contribution in [0.2, 0.25) is 0 Å². The first kappa shape index (κ1) is 21.9. The molecule has 32 heavy (non-hydrogen) atoms. The maximum absolute atomic E-state index is 13.0. The SMILES string of the molecule is COc1ccc([C@H](Cc2ccc(-c3cccc(C(F)(F)F)c3)cc2)c2csc(N)[nH+]2)cc1. The number of halogens is 3. The number of hydrogen-bond donors (Lipinski definition) is 1. The van der Waals surface area contributed by atoms with E-state index in [9.17, 15) is 13.2 Å². The van der Waals surface area contributed by atoms with Crippen molar-refractivity contribution in [3.05, 3.63) is 101 Å². The third-order valence-electron chi connectivity index (χ3n) is 5.39. The molecule has 0 aliphatic carbocycles. The van der Waals surface area contributed by atoms with E-state index >= 15 is 0 Å². The molecule has 3 nitrogen and oxygen atoms in total. The fourth-order valence-corrected chi connectivity index (χ4v) is 4.34. The third kappa shape index (κ3) is 4.94. The monoisotopic (exact) mass is 455 g/mol. The molecule has 0 fully saturated rings. The first-order valence-corrected chi connectivity index (χ1v) is 10.9. The Morgan fingerprint density at radius 1 is 0.969 bits per heavy atom. The van der Waals surface area contributed by atoms with E-state index in [4.69, 9.17) is 10.5 Å². The summed E-state index contributed by atoms with van der Waals surface area (Å²) in [6.45, 7) is 0. The number of hydrogen-bond acceptors (Lipinski definition) is 3. The zero-order chi connectivity index (χ0) is 22.7. The van der Waals surface area contributed by atoms with Gasteiger partial charge in [0.1, 0.15) is 11.4 Å². The molecule has 1 atom stereocenters. The molecule has 0 saturated carbocycles. The van der Waals surface area contributed by atoms with Crippen LogP contribution in [0.1, 0.15) is 28.3 Å². The van der Waals surface area contributed by atoms with Gasteiger partial charge >= 0.3 is 11.3 Å². The molecule has 4 aromatic rings. The number of H-pyrrole nitrogens is 1. The van der Waals surface area contributed by atoms with Crippen LogP contribution in [0.15, 0.2) is 78.2 Å². The van der Waals surface area contributed by atoms with Crippen molar-refractivity contribution in [1.82, 2.24) is 0 Å². The van der Waals surface area contributed by atoms with Crippen molar-refractivity contribution in [3.8, 4) is 16.9 Å². The molecule has 0 unspecified atom stereocenters. The summed E-state index contributed by atoms with van der Waals surface area (Å²) in [7, 11) is 1.63. The molecular weight excluding hydrogens is 433 g/mol. The minimum absolute atomic E-state index is 0.0499. The Kier molecular flexibility index (Phi) is 6.19. The van der Waals surface area contributed by atoms with E-state index in [0.717, 1.165) is 34.2 Å². The normalized spacial score (nSPS) is 12.5. The first-order valence-electron chi connectivity index (χ1n) is 10.00. The second kappa shape index (κ2) is 9.04. The molecule has 7 heteroatoms. The lowest BCUT2D eigenvalue weighted by atomic mass is 9.89. The van der Waals surface area contributed by atoms with Gasteiger partial charge < -0.3 is 4.74 Å². The highest BCUT2D eigenvalue weighted by Crippen LogP contribution is 2.33. The van der Waals surface area contributed by atoms with Gasteiger partial charge in [-0.1, -0.05) is 59.9 Å². The van der Waals surface area contributed by atoms with Crippen molar-refractivity contribution >= 4 is 16.5 Å². The number of benzene rings is 3. The van der Waals surface area contributed by atoms with Gasteiger partial charge in [0, 0.05) is 5.38 Å². The molecule has 0 bridgehead atoms. The number of nitrogens with two attached hydrogens (primary N) is 1. The van der Waals surface area contributed by atoms with E-state index in [1.807, 2.05) is 53.9 Å². The predicted molar refractivity (Wildman–Crippen MR) is 121 cm³/mol. The van der Waals surface area contributed by atoms with Crippen LogP contribution in [0.4, 0.5) is 18.3 Å². The van der Waals surface area contributed by atoms with Crippen LogP contribution in [0.25, 0.3) is 11.1 Å². The Labute approximate surface area is 188 Å². The van der Waals surface area contributed by atoms with Crippen LogP contribution in [0.3, 0.4) is 0 Å². The number of anilines is 1. The fourth-order valence-electron chi connectivity index (χ4n) is 3.69. The predicted octanol–water partition coefficient (Wildman–Crippen LogP) is 6.21. The number of rotatable bonds is 6. The van der Waals surface area contributed by atoms with Gasteiger partial charge in [-0.15, -0.1) is 0 Å². The summed E-state index contributed by atoms with van der Waals surface area (Å²) in [6, 6.07) is 20.9. The first-order chi connectivity index (χ1) is 15.3. The van der Waals surface area contributed by atoms with E-state index in [1.54, 1.807) is 13.2 Å². The standard InChI is InChI=1S/C25H21F3N2OS/c1-31-21-11-9-18(10-12-21)22(23-15-32-24(29)30-23)13-16-5-7-17(8-6-16)19-3-2-4-20(14-19)25(26,27)28/h2-12,14-15,22H,13H2,1H3,(H2,29,30)/p+1/t22-/m0/s1. The highest BCUT2D eigenvalue weighted by atomic mass is 32.1. The lowest BCUT2D eigenvalue weighted by Crippen LogP contribution is -2.17. The number of thiazole rings is 1. The van der Waals surface area contributed by atoms with Crippen molar-refractivity contribution in [3.63, 3.8) is 0 Å². The molecular formula is C25H22F3N2OS+. The van der Waals surface area contributed by atoms with Gasteiger partial charge in [-0.2, -0.15) is 13.2 Å². The number of ether oxygens (including phenoxy) is 1. The molecule has 0 aliphatic rings. The van der Waals surface area contributed by atoms with Crippen molar-refractivity contribution < 1.29 is 22.9 Å².